The van der Waals surface area contributed by atoms with E-state index in [0.29, 0.717) is 11.3 Å². The lowest BCUT2D eigenvalue weighted by Crippen LogP contribution is -2.40. The van der Waals surface area contributed by atoms with Crippen LogP contribution in [0.4, 0.5) is 19.1 Å². The highest BCUT2D eigenvalue weighted by Gasteiger charge is 2.51. The number of halogens is 3. The molecule has 0 radical (unpaired) electrons. The van der Waals surface area contributed by atoms with Gasteiger partial charge in [0.2, 0.25) is 5.88 Å². The second-order valence-electron chi connectivity index (χ2n) is 4.33. The van der Waals surface area contributed by atoms with E-state index >= 15 is 0 Å². The monoisotopic (exact) mass is 319 g/mol. The Balaban J connectivity index is 2.46. The maximum absolute atomic E-state index is 12.8. The minimum absolute atomic E-state index is 0.218. The van der Waals surface area contributed by atoms with E-state index in [1.807, 2.05) is 0 Å². The van der Waals surface area contributed by atoms with Gasteiger partial charge in [-0.05, 0) is 18.6 Å². The number of hydrogen-bond donors (Lipinski definition) is 0. The Hall–Kier alpha value is -1.96. The number of furan rings is 1. The van der Waals surface area contributed by atoms with Crippen LogP contribution in [0.25, 0.3) is 0 Å². The van der Waals surface area contributed by atoms with Gasteiger partial charge in [0.15, 0.2) is 0 Å². The zero-order valence-electron chi connectivity index (χ0n) is 11.0. The van der Waals surface area contributed by atoms with Crippen LogP contribution >= 0.6 is 0 Å². The molecule has 0 aliphatic rings. The van der Waals surface area contributed by atoms with Crippen LogP contribution in [0.1, 0.15) is 11.3 Å². The van der Waals surface area contributed by atoms with Crippen LogP contribution in [0.3, 0.4) is 0 Å². The third-order valence-corrected chi connectivity index (χ3v) is 4.20. The fraction of sp³-hybridized carbons (Fsp3) is 0.231. The van der Waals surface area contributed by atoms with Crippen molar-refractivity contribution in [2.45, 2.75) is 19.0 Å². The number of aryl methyl sites for hydroxylation is 1. The minimum Gasteiger partial charge on any atom is -0.445 e. The summed E-state index contributed by atoms with van der Waals surface area (Å²) in [5.41, 5.74) is -4.98. The van der Waals surface area contributed by atoms with E-state index in [-0.39, 0.29) is 10.2 Å². The van der Waals surface area contributed by atoms with Crippen molar-refractivity contribution >= 4 is 15.9 Å². The molecule has 0 amide bonds. The standard InChI is InChI=1S/C13H12F3NO3S/c1-10-7-8-12(20-10)17(21(18,19)13(14,15)16)9-11-5-3-2-4-6-11/h2-8H,9H2,1H3. The molecule has 1 heterocycles. The molecule has 0 spiro atoms. The number of benzene rings is 1. The predicted molar refractivity (Wildman–Crippen MR) is 71.0 cm³/mol. The van der Waals surface area contributed by atoms with Crippen LogP contribution in [0.2, 0.25) is 0 Å². The van der Waals surface area contributed by atoms with E-state index in [0.717, 1.165) is 0 Å². The van der Waals surface area contributed by atoms with Crippen molar-refractivity contribution in [3.63, 3.8) is 0 Å². The number of alkyl halides is 3. The predicted octanol–water partition coefficient (Wildman–Crippen LogP) is 3.44. The summed E-state index contributed by atoms with van der Waals surface area (Å²) in [7, 11) is -5.54. The summed E-state index contributed by atoms with van der Waals surface area (Å²) < 4.78 is 67.1. The second-order valence-corrected chi connectivity index (χ2v) is 6.18. The van der Waals surface area contributed by atoms with Crippen LogP contribution in [-0.4, -0.2) is 13.9 Å². The van der Waals surface area contributed by atoms with Crippen LogP contribution in [0, 0.1) is 6.92 Å². The molecule has 2 rings (SSSR count). The van der Waals surface area contributed by atoms with E-state index in [9.17, 15) is 21.6 Å². The van der Waals surface area contributed by atoms with Gasteiger partial charge in [-0.3, -0.25) is 0 Å². The molecule has 1 aromatic carbocycles. The van der Waals surface area contributed by atoms with Gasteiger partial charge in [0.05, 0.1) is 6.54 Å². The first-order valence-corrected chi connectivity index (χ1v) is 7.35. The van der Waals surface area contributed by atoms with Gasteiger partial charge >= 0.3 is 15.5 Å². The molecule has 0 saturated heterocycles. The van der Waals surface area contributed by atoms with Crippen molar-refractivity contribution in [1.29, 1.82) is 0 Å². The van der Waals surface area contributed by atoms with Gasteiger partial charge in [-0.25, -0.2) is 4.31 Å². The van der Waals surface area contributed by atoms with E-state index in [4.69, 9.17) is 4.42 Å². The van der Waals surface area contributed by atoms with Gasteiger partial charge in [-0.2, -0.15) is 21.6 Å². The zero-order chi connectivity index (χ0) is 15.7. The van der Waals surface area contributed by atoms with Crippen LogP contribution in [0.5, 0.6) is 0 Å². The molecule has 1 aromatic heterocycles. The van der Waals surface area contributed by atoms with Crippen LogP contribution < -0.4 is 4.31 Å². The maximum Gasteiger partial charge on any atom is 0.516 e. The Morgan fingerprint density at radius 2 is 1.71 bits per heavy atom. The topological polar surface area (TPSA) is 50.5 Å². The van der Waals surface area contributed by atoms with E-state index in [1.165, 1.54) is 31.2 Å². The number of anilines is 1. The van der Waals surface area contributed by atoms with Gasteiger partial charge in [-0.15, -0.1) is 0 Å². The summed E-state index contributed by atoms with van der Waals surface area (Å²) in [6, 6.07) is 10.6. The SMILES string of the molecule is Cc1ccc(N(Cc2ccccc2)S(=O)(=O)C(F)(F)F)o1. The van der Waals surface area contributed by atoms with Crippen molar-refractivity contribution < 1.29 is 26.0 Å². The average Bonchev–Trinajstić information content (AvgIpc) is 2.82. The van der Waals surface area contributed by atoms with Crippen LogP contribution in [-0.2, 0) is 16.6 Å². The van der Waals surface area contributed by atoms with Gasteiger partial charge in [0, 0.05) is 6.07 Å². The molecule has 21 heavy (non-hydrogen) atoms. The van der Waals surface area contributed by atoms with Gasteiger partial charge in [0.1, 0.15) is 5.76 Å². The summed E-state index contributed by atoms with van der Waals surface area (Å²) in [4.78, 5) is 0. The van der Waals surface area contributed by atoms with Crippen molar-refractivity contribution in [3.8, 4) is 0 Å². The average molecular weight is 319 g/mol. The molecular formula is C13H12F3NO3S. The molecule has 0 aliphatic heterocycles. The lowest BCUT2D eigenvalue weighted by Gasteiger charge is -2.23. The van der Waals surface area contributed by atoms with Crippen LogP contribution in [0.15, 0.2) is 46.9 Å². The number of rotatable bonds is 4. The van der Waals surface area contributed by atoms with Gasteiger partial charge in [0.25, 0.3) is 0 Å². The van der Waals surface area contributed by atoms with Crippen molar-refractivity contribution in [2.24, 2.45) is 0 Å². The highest BCUT2D eigenvalue weighted by Crippen LogP contribution is 2.33. The first kappa shape index (κ1) is 15.4. The molecule has 0 bridgehead atoms. The minimum atomic E-state index is -5.54. The van der Waals surface area contributed by atoms with E-state index in [2.05, 4.69) is 0 Å². The molecule has 0 fully saturated rings. The molecule has 0 saturated carbocycles. The number of sulfonamides is 1. The Bertz CT molecular complexity index is 708. The second kappa shape index (κ2) is 5.44. The Morgan fingerprint density at radius 1 is 1.10 bits per heavy atom. The molecule has 8 heteroatoms. The molecular weight excluding hydrogens is 307 g/mol. The molecule has 0 aliphatic carbocycles. The lowest BCUT2D eigenvalue weighted by molar-refractivity contribution is -0.0439. The number of hydrogen-bond acceptors (Lipinski definition) is 3. The summed E-state index contributed by atoms with van der Waals surface area (Å²) in [6.45, 7) is 1.06. The normalized spacial score (nSPS) is 12.4. The largest absolute Gasteiger partial charge is 0.516 e. The highest BCUT2D eigenvalue weighted by molar-refractivity contribution is 7.93. The maximum atomic E-state index is 12.8. The molecule has 0 unspecified atom stereocenters. The summed E-state index contributed by atoms with van der Waals surface area (Å²) in [5.74, 6) is -0.0471. The lowest BCUT2D eigenvalue weighted by atomic mass is 10.2. The van der Waals surface area contributed by atoms with Crippen molar-refractivity contribution in [2.75, 3.05) is 4.31 Å². The zero-order valence-corrected chi connectivity index (χ0v) is 11.8. The Labute approximate surface area is 119 Å². The van der Waals surface area contributed by atoms with Crippen molar-refractivity contribution in [3.05, 3.63) is 53.8 Å². The summed E-state index contributed by atoms with van der Waals surface area (Å²) >= 11 is 0. The fourth-order valence-corrected chi connectivity index (χ4v) is 2.62. The third-order valence-electron chi connectivity index (χ3n) is 2.72. The number of nitrogens with zero attached hydrogens (tertiary/aromatic N) is 1. The summed E-state index contributed by atoms with van der Waals surface area (Å²) in [6.07, 6.45) is 0. The van der Waals surface area contributed by atoms with Gasteiger partial charge in [-0.1, -0.05) is 30.3 Å². The molecule has 0 N–H and O–H groups in total. The Kier molecular flexibility index (Phi) is 3.99. The smallest absolute Gasteiger partial charge is 0.445 e. The van der Waals surface area contributed by atoms with Gasteiger partial charge < -0.3 is 4.42 Å². The highest BCUT2D eigenvalue weighted by atomic mass is 32.2. The van der Waals surface area contributed by atoms with Crippen molar-refractivity contribution in [1.82, 2.24) is 0 Å². The quantitative estimate of drug-likeness (QED) is 0.867. The van der Waals surface area contributed by atoms with E-state index in [1.54, 1.807) is 18.2 Å². The molecule has 4 nitrogen and oxygen atoms in total. The molecule has 2 aromatic rings. The Morgan fingerprint density at radius 3 is 2.19 bits per heavy atom. The fourth-order valence-electron chi connectivity index (χ4n) is 1.71. The first-order chi connectivity index (χ1) is 9.72. The van der Waals surface area contributed by atoms with E-state index < -0.39 is 22.1 Å². The molecule has 0 atom stereocenters. The first-order valence-electron chi connectivity index (χ1n) is 5.91. The third kappa shape index (κ3) is 3.21. The summed E-state index contributed by atoms with van der Waals surface area (Å²) in [5, 5.41) is 0. The molecule has 114 valence electrons.